The van der Waals surface area contributed by atoms with Crippen LogP contribution in [0.15, 0.2) is 42.5 Å². The third kappa shape index (κ3) is 7.01. The number of para-hydroxylation sites is 1. The molecule has 0 saturated carbocycles. The molecule has 2 rings (SSSR count). The van der Waals surface area contributed by atoms with Gasteiger partial charge in [-0.3, -0.25) is 9.59 Å². The van der Waals surface area contributed by atoms with Gasteiger partial charge in [-0.15, -0.1) is 0 Å². The van der Waals surface area contributed by atoms with Crippen LogP contribution in [0.25, 0.3) is 0 Å². The van der Waals surface area contributed by atoms with Gasteiger partial charge in [0.1, 0.15) is 24.7 Å². The lowest BCUT2D eigenvalue weighted by molar-refractivity contribution is -0.138. The second kappa shape index (κ2) is 10.2. The standard InChI is InChI=1S/C21H25NO5/c1-15-7-8-18(13-16(15)2)26-11-12-27-19-6-4-3-5-17(19)14-22-20(23)9-10-21(24)25/h3-8,13H,9-12,14H2,1-2H3,(H,22,23)(H,24,25). The minimum Gasteiger partial charge on any atom is -0.490 e. The second-order valence-electron chi connectivity index (χ2n) is 6.22. The average molecular weight is 371 g/mol. The number of carbonyl (C=O) groups excluding carboxylic acids is 1. The normalized spacial score (nSPS) is 10.3. The minimum atomic E-state index is -0.988. The number of benzene rings is 2. The third-order valence-electron chi connectivity index (χ3n) is 4.10. The number of hydrogen-bond donors (Lipinski definition) is 2. The Morgan fingerprint density at radius 1 is 0.963 bits per heavy atom. The molecule has 27 heavy (non-hydrogen) atoms. The summed E-state index contributed by atoms with van der Waals surface area (Å²) in [6, 6.07) is 13.4. The summed E-state index contributed by atoms with van der Waals surface area (Å²) in [6.45, 7) is 5.16. The maximum absolute atomic E-state index is 11.7. The summed E-state index contributed by atoms with van der Waals surface area (Å²) in [5, 5.41) is 11.3. The average Bonchev–Trinajstić information content (AvgIpc) is 2.65. The summed E-state index contributed by atoms with van der Waals surface area (Å²) in [7, 11) is 0. The van der Waals surface area contributed by atoms with Crippen LogP contribution in [0.3, 0.4) is 0 Å². The van der Waals surface area contributed by atoms with Crippen molar-refractivity contribution in [2.75, 3.05) is 13.2 Å². The van der Waals surface area contributed by atoms with Crippen LogP contribution in [0.4, 0.5) is 0 Å². The van der Waals surface area contributed by atoms with Crippen molar-refractivity contribution < 1.29 is 24.2 Å². The van der Waals surface area contributed by atoms with Crippen molar-refractivity contribution in [3.8, 4) is 11.5 Å². The predicted octanol–water partition coefficient (Wildman–Crippen LogP) is 3.24. The SMILES string of the molecule is Cc1ccc(OCCOc2ccccc2CNC(=O)CCC(=O)O)cc1C. The van der Waals surface area contributed by atoms with E-state index in [1.54, 1.807) is 0 Å². The van der Waals surface area contributed by atoms with Gasteiger partial charge >= 0.3 is 5.97 Å². The van der Waals surface area contributed by atoms with Crippen LogP contribution in [-0.4, -0.2) is 30.2 Å². The van der Waals surface area contributed by atoms with E-state index in [4.69, 9.17) is 14.6 Å². The van der Waals surface area contributed by atoms with Gasteiger partial charge in [-0.2, -0.15) is 0 Å². The van der Waals surface area contributed by atoms with Gasteiger partial charge in [0.25, 0.3) is 0 Å². The molecule has 0 saturated heterocycles. The zero-order valence-corrected chi connectivity index (χ0v) is 15.7. The topological polar surface area (TPSA) is 84.9 Å². The molecule has 0 aliphatic heterocycles. The van der Waals surface area contributed by atoms with E-state index in [1.807, 2.05) is 49.4 Å². The molecule has 2 aromatic rings. The number of ether oxygens (including phenoxy) is 2. The van der Waals surface area contributed by atoms with E-state index in [2.05, 4.69) is 12.2 Å². The van der Waals surface area contributed by atoms with E-state index in [0.29, 0.717) is 19.0 Å². The lowest BCUT2D eigenvalue weighted by Gasteiger charge is -2.13. The van der Waals surface area contributed by atoms with Crippen LogP contribution < -0.4 is 14.8 Å². The summed E-state index contributed by atoms with van der Waals surface area (Å²) >= 11 is 0. The quantitative estimate of drug-likeness (QED) is 0.626. The van der Waals surface area contributed by atoms with Gasteiger partial charge in [-0.05, 0) is 43.2 Å². The predicted molar refractivity (Wildman–Crippen MR) is 102 cm³/mol. The maximum Gasteiger partial charge on any atom is 0.303 e. The van der Waals surface area contributed by atoms with Gasteiger partial charge in [-0.1, -0.05) is 24.3 Å². The number of aryl methyl sites for hydroxylation is 2. The lowest BCUT2D eigenvalue weighted by atomic mass is 10.1. The van der Waals surface area contributed by atoms with Crippen LogP contribution >= 0.6 is 0 Å². The molecule has 0 aliphatic rings. The van der Waals surface area contributed by atoms with Gasteiger partial charge in [0.05, 0.1) is 6.42 Å². The number of rotatable bonds is 10. The van der Waals surface area contributed by atoms with Crippen LogP contribution in [-0.2, 0) is 16.1 Å². The monoisotopic (exact) mass is 371 g/mol. The van der Waals surface area contributed by atoms with Gasteiger partial charge in [0.15, 0.2) is 0 Å². The number of amides is 1. The van der Waals surface area contributed by atoms with Crippen molar-refractivity contribution in [2.24, 2.45) is 0 Å². The number of hydrogen-bond acceptors (Lipinski definition) is 4. The highest BCUT2D eigenvalue weighted by Crippen LogP contribution is 2.19. The Morgan fingerprint density at radius 2 is 1.70 bits per heavy atom. The van der Waals surface area contributed by atoms with Crippen molar-refractivity contribution in [3.05, 3.63) is 59.2 Å². The summed E-state index contributed by atoms with van der Waals surface area (Å²) < 4.78 is 11.5. The molecular weight excluding hydrogens is 346 g/mol. The molecule has 2 aromatic carbocycles. The first-order chi connectivity index (χ1) is 13.0. The third-order valence-corrected chi connectivity index (χ3v) is 4.10. The highest BCUT2D eigenvalue weighted by molar-refractivity contribution is 5.80. The fourth-order valence-electron chi connectivity index (χ4n) is 2.41. The molecule has 6 heteroatoms. The molecule has 0 spiro atoms. The van der Waals surface area contributed by atoms with Crippen molar-refractivity contribution >= 4 is 11.9 Å². The van der Waals surface area contributed by atoms with E-state index in [1.165, 1.54) is 11.1 Å². The highest BCUT2D eigenvalue weighted by atomic mass is 16.5. The highest BCUT2D eigenvalue weighted by Gasteiger charge is 2.08. The van der Waals surface area contributed by atoms with Gasteiger partial charge < -0.3 is 19.9 Å². The number of carboxylic acid groups (broad SMARTS) is 1. The Labute approximate surface area is 159 Å². The molecule has 0 aromatic heterocycles. The van der Waals surface area contributed by atoms with E-state index < -0.39 is 5.97 Å². The molecule has 1 amide bonds. The van der Waals surface area contributed by atoms with Gasteiger partial charge in [0.2, 0.25) is 5.91 Å². The van der Waals surface area contributed by atoms with Crippen molar-refractivity contribution in [1.82, 2.24) is 5.32 Å². The first-order valence-electron chi connectivity index (χ1n) is 8.85. The summed E-state index contributed by atoms with van der Waals surface area (Å²) in [5.41, 5.74) is 3.22. The van der Waals surface area contributed by atoms with Crippen molar-refractivity contribution in [1.29, 1.82) is 0 Å². The molecule has 0 heterocycles. The van der Waals surface area contributed by atoms with E-state index in [-0.39, 0.29) is 25.3 Å². The molecule has 0 radical (unpaired) electrons. The number of aliphatic carboxylic acids is 1. The summed E-state index contributed by atoms with van der Waals surface area (Å²) in [4.78, 5) is 22.2. The first kappa shape index (κ1) is 20.3. The number of carbonyl (C=O) groups is 2. The molecule has 0 fully saturated rings. The Kier molecular flexibility index (Phi) is 7.67. The van der Waals surface area contributed by atoms with Crippen molar-refractivity contribution in [2.45, 2.75) is 33.2 Å². The smallest absolute Gasteiger partial charge is 0.303 e. The molecule has 0 aliphatic carbocycles. The number of nitrogens with one attached hydrogen (secondary N) is 1. The summed E-state index contributed by atoms with van der Waals surface area (Å²) in [5.74, 6) is 0.184. The van der Waals surface area contributed by atoms with Gasteiger partial charge in [0, 0.05) is 18.5 Å². The van der Waals surface area contributed by atoms with Crippen LogP contribution in [0, 0.1) is 13.8 Å². The summed E-state index contributed by atoms with van der Waals surface area (Å²) in [6.07, 6.45) is -0.220. The Hall–Kier alpha value is -3.02. The zero-order valence-electron chi connectivity index (χ0n) is 15.7. The fourth-order valence-corrected chi connectivity index (χ4v) is 2.41. The second-order valence-corrected chi connectivity index (χ2v) is 6.22. The van der Waals surface area contributed by atoms with E-state index in [0.717, 1.165) is 11.3 Å². The Bertz CT molecular complexity index is 788. The number of carboxylic acids is 1. The van der Waals surface area contributed by atoms with Crippen LogP contribution in [0.1, 0.15) is 29.5 Å². The Balaban J connectivity index is 1.80. The minimum absolute atomic E-state index is 0.0395. The first-order valence-corrected chi connectivity index (χ1v) is 8.85. The largest absolute Gasteiger partial charge is 0.490 e. The van der Waals surface area contributed by atoms with E-state index >= 15 is 0 Å². The lowest BCUT2D eigenvalue weighted by Crippen LogP contribution is -2.23. The Morgan fingerprint density at radius 3 is 2.44 bits per heavy atom. The molecular formula is C21H25NO5. The molecule has 0 atom stereocenters. The fraction of sp³-hybridized carbons (Fsp3) is 0.333. The molecule has 144 valence electrons. The molecule has 2 N–H and O–H groups in total. The van der Waals surface area contributed by atoms with Crippen LogP contribution in [0.2, 0.25) is 0 Å². The molecule has 0 unspecified atom stereocenters. The van der Waals surface area contributed by atoms with Crippen molar-refractivity contribution in [3.63, 3.8) is 0 Å². The van der Waals surface area contributed by atoms with Gasteiger partial charge in [-0.25, -0.2) is 0 Å². The zero-order chi connectivity index (χ0) is 19.6. The molecule has 0 bridgehead atoms. The van der Waals surface area contributed by atoms with E-state index in [9.17, 15) is 9.59 Å². The molecule has 6 nitrogen and oxygen atoms in total. The maximum atomic E-state index is 11.7. The van der Waals surface area contributed by atoms with Crippen LogP contribution in [0.5, 0.6) is 11.5 Å².